The average molecular weight is 179 g/mol. The molecule has 12 heavy (non-hydrogen) atoms. The molecule has 1 saturated heterocycles. The van der Waals surface area contributed by atoms with Gasteiger partial charge in [0.05, 0.1) is 20.1 Å². The zero-order valence-corrected chi connectivity index (χ0v) is 6.77. The number of alkyl halides is 2. The zero-order valence-electron chi connectivity index (χ0n) is 6.77. The Labute approximate surface area is 69.1 Å². The molecule has 0 aromatic carbocycles. The van der Waals surface area contributed by atoms with E-state index in [1.807, 2.05) is 0 Å². The number of nitrogens with one attached hydrogen (secondary N) is 1. The Kier molecular flexibility index (Phi) is 2.62. The SMILES string of the molecule is COC(=O)C[C@H]1CC(F)(F)CN1. The minimum Gasteiger partial charge on any atom is -0.469 e. The van der Waals surface area contributed by atoms with Crippen LogP contribution in [0.15, 0.2) is 0 Å². The van der Waals surface area contributed by atoms with Gasteiger partial charge in [-0.05, 0) is 0 Å². The maximum atomic E-state index is 12.5. The van der Waals surface area contributed by atoms with E-state index < -0.39 is 17.9 Å². The van der Waals surface area contributed by atoms with E-state index >= 15 is 0 Å². The average Bonchev–Trinajstić information content (AvgIpc) is 2.30. The maximum Gasteiger partial charge on any atom is 0.307 e. The van der Waals surface area contributed by atoms with Gasteiger partial charge in [-0.1, -0.05) is 0 Å². The van der Waals surface area contributed by atoms with Crippen LogP contribution in [0.1, 0.15) is 12.8 Å². The van der Waals surface area contributed by atoms with Crippen molar-refractivity contribution in [1.29, 1.82) is 0 Å². The summed E-state index contributed by atoms with van der Waals surface area (Å²) in [6.45, 7) is -0.339. The van der Waals surface area contributed by atoms with Crippen molar-refractivity contribution in [3.8, 4) is 0 Å². The van der Waals surface area contributed by atoms with Crippen LogP contribution in [0.4, 0.5) is 8.78 Å². The molecule has 5 heteroatoms. The molecule has 1 rings (SSSR count). The Morgan fingerprint density at radius 2 is 2.42 bits per heavy atom. The molecule has 0 unspecified atom stereocenters. The van der Waals surface area contributed by atoms with Crippen LogP contribution in [0.5, 0.6) is 0 Å². The monoisotopic (exact) mass is 179 g/mol. The summed E-state index contributed by atoms with van der Waals surface area (Å²) in [4.78, 5) is 10.7. The van der Waals surface area contributed by atoms with Crippen molar-refractivity contribution >= 4 is 5.97 Å². The molecule has 0 spiro atoms. The van der Waals surface area contributed by atoms with Crippen molar-refractivity contribution in [2.45, 2.75) is 24.8 Å². The Bertz CT molecular complexity index is 184. The molecule has 0 radical (unpaired) electrons. The summed E-state index contributed by atoms with van der Waals surface area (Å²) in [5.41, 5.74) is 0. The molecule has 3 nitrogen and oxygen atoms in total. The number of methoxy groups -OCH3 is 1. The molecule has 0 amide bonds. The molecule has 1 fully saturated rings. The van der Waals surface area contributed by atoms with Gasteiger partial charge in [0.15, 0.2) is 0 Å². The summed E-state index contributed by atoms with van der Waals surface area (Å²) in [5, 5.41) is 2.56. The van der Waals surface area contributed by atoms with E-state index in [0.29, 0.717) is 0 Å². The van der Waals surface area contributed by atoms with Crippen molar-refractivity contribution in [2.75, 3.05) is 13.7 Å². The van der Waals surface area contributed by atoms with Gasteiger partial charge in [-0.2, -0.15) is 0 Å². The van der Waals surface area contributed by atoms with Crippen molar-refractivity contribution in [3.63, 3.8) is 0 Å². The van der Waals surface area contributed by atoms with Crippen LogP contribution < -0.4 is 5.32 Å². The second-order valence-electron chi connectivity index (χ2n) is 2.92. The molecule has 1 N–H and O–H groups in total. The number of carbonyl (C=O) groups excluding carboxylic acids is 1. The van der Waals surface area contributed by atoms with E-state index in [4.69, 9.17) is 0 Å². The lowest BCUT2D eigenvalue weighted by Crippen LogP contribution is -2.25. The Hall–Kier alpha value is -0.710. The van der Waals surface area contributed by atoms with E-state index in [0.717, 1.165) is 0 Å². The fourth-order valence-corrected chi connectivity index (χ4v) is 1.23. The normalized spacial score (nSPS) is 27.1. The van der Waals surface area contributed by atoms with E-state index in [-0.39, 0.29) is 19.4 Å². The molecule has 0 bridgehead atoms. The van der Waals surface area contributed by atoms with Crippen molar-refractivity contribution in [2.24, 2.45) is 0 Å². The molecule has 1 atom stereocenters. The number of hydrogen-bond donors (Lipinski definition) is 1. The molecule has 1 heterocycles. The second-order valence-corrected chi connectivity index (χ2v) is 2.92. The smallest absolute Gasteiger partial charge is 0.307 e. The highest BCUT2D eigenvalue weighted by molar-refractivity contribution is 5.70. The van der Waals surface area contributed by atoms with Gasteiger partial charge in [-0.3, -0.25) is 4.79 Å². The van der Waals surface area contributed by atoms with Gasteiger partial charge in [-0.15, -0.1) is 0 Å². The topological polar surface area (TPSA) is 38.3 Å². The van der Waals surface area contributed by atoms with E-state index in [1.54, 1.807) is 0 Å². The van der Waals surface area contributed by atoms with Crippen LogP contribution in [0.3, 0.4) is 0 Å². The third-order valence-electron chi connectivity index (χ3n) is 1.84. The quantitative estimate of drug-likeness (QED) is 0.629. The minimum absolute atomic E-state index is 0.0199. The molecule has 0 aromatic heterocycles. The summed E-state index contributed by atoms with van der Waals surface area (Å²) >= 11 is 0. The third kappa shape index (κ3) is 2.41. The summed E-state index contributed by atoms with van der Waals surface area (Å²) in [6, 6.07) is -0.438. The largest absolute Gasteiger partial charge is 0.469 e. The number of halogens is 2. The van der Waals surface area contributed by atoms with Crippen molar-refractivity contribution < 1.29 is 18.3 Å². The number of esters is 1. The highest BCUT2D eigenvalue weighted by Crippen LogP contribution is 2.26. The van der Waals surface area contributed by atoms with Crippen molar-refractivity contribution in [3.05, 3.63) is 0 Å². The standard InChI is InChI=1S/C7H11F2NO2/c1-12-6(11)2-5-3-7(8,9)4-10-5/h5,10H,2-4H2,1H3/t5-/m0/s1. The molecule has 0 aromatic rings. The Balaban J connectivity index is 2.33. The molecule has 1 aliphatic rings. The van der Waals surface area contributed by atoms with Crippen LogP contribution in [-0.2, 0) is 9.53 Å². The van der Waals surface area contributed by atoms with Crippen LogP contribution >= 0.6 is 0 Å². The fourth-order valence-electron chi connectivity index (χ4n) is 1.23. The Morgan fingerprint density at radius 3 is 2.83 bits per heavy atom. The molecule has 0 saturated carbocycles. The van der Waals surface area contributed by atoms with Gasteiger partial charge in [0.1, 0.15) is 0 Å². The number of hydrogen-bond acceptors (Lipinski definition) is 3. The third-order valence-corrected chi connectivity index (χ3v) is 1.84. The van der Waals surface area contributed by atoms with Crippen molar-refractivity contribution in [1.82, 2.24) is 5.32 Å². The minimum atomic E-state index is -2.67. The molecule has 70 valence electrons. The number of rotatable bonds is 2. The predicted octanol–water partition coefficient (Wildman–Crippen LogP) is 0.547. The van der Waals surface area contributed by atoms with E-state index in [9.17, 15) is 13.6 Å². The first kappa shape index (κ1) is 9.38. The van der Waals surface area contributed by atoms with Gasteiger partial charge in [0.25, 0.3) is 5.92 Å². The first-order chi connectivity index (χ1) is 5.53. The number of carbonyl (C=O) groups is 1. The Morgan fingerprint density at radius 1 is 1.75 bits per heavy atom. The highest BCUT2D eigenvalue weighted by Gasteiger charge is 2.39. The molecule has 1 aliphatic heterocycles. The van der Waals surface area contributed by atoms with Gasteiger partial charge in [0, 0.05) is 12.5 Å². The highest BCUT2D eigenvalue weighted by atomic mass is 19.3. The predicted molar refractivity (Wildman–Crippen MR) is 38.0 cm³/mol. The first-order valence-electron chi connectivity index (χ1n) is 3.71. The van der Waals surface area contributed by atoms with Crippen LogP contribution in [0.2, 0.25) is 0 Å². The summed E-state index contributed by atoms with van der Waals surface area (Å²) in [5.74, 6) is -3.12. The summed E-state index contributed by atoms with van der Waals surface area (Å²) < 4.78 is 29.4. The van der Waals surface area contributed by atoms with Gasteiger partial charge in [0.2, 0.25) is 0 Å². The van der Waals surface area contributed by atoms with Crippen LogP contribution in [0, 0.1) is 0 Å². The lowest BCUT2D eigenvalue weighted by atomic mass is 10.1. The van der Waals surface area contributed by atoms with Gasteiger partial charge < -0.3 is 10.1 Å². The fraction of sp³-hybridized carbons (Fsp3) is 0.857. The summed E-state index contributed by atoms with van der Waals surface area (Å²) in [6.07, 6.45) is -0.256. The van der Waals surface area contributed by atoms with E-state index in [1.165, 1.54) is 7.11 Å². The van der Waals surface area contributed by atoms with Crippen LogP contribution in [-0.4, -0.2) is 31.6 Å². The maximum absolute atomic E-state index is 12.5. The van der Waals surface area contributed by atoms with Gasteiger partial charge >= 0.3 is 5.97 Å². The second kappa shape index (κ2) is 3.35. The molecular weight excluding hydrogens is 168 g/mol. The lowest BCUT2D eigenvalue weighted by molar-refractivity contribution is -0.141. The first-order valence-corrected chi connectivity index (χ1v) is 3.71. The van der Waals surface area contributed by atoms with Gasteiger partial charge in [-0.25, -0.2) is 8.78 Å². The zero-order chi connectivity index (χ0) is 9.19. The summed E-state index contributed by atoms with van der Waals surface area (Å²) in [7, 11) is 1.25. The molecule has 0 aliphatic carbocycles. The molecular formula is C7H11F2NO2. The van der Waals surface area contributed by atoms with E-state index in [2.05, 4.69) is 10.1 Å². The van der Waals surface area contributed by atoms with Crippen LogP contribution in [0.25, 0.3) is 0 Å². The number of ether oxygens (including phenoxy) is 1. The lowest BCUT2D eigenvalue weighted by Gasteiger charge is -2.07.